The summed E-state index contributed by atoms with van der Waals surface area (Å²) in [6.45, 7) is 0.158. The third-order valence-electron chi connectivity index (χ3n) is 3.40. The fourth-order valence-corrected chi connectivity index (χ4v) is 2.96. The van der Waals surface area contributed by atoms with Gasteiger partial charge >= 0.3 is 6.03 Å². The molecule has 3 aromatic rings. The van der Waals surface area contributed by atoms with Crippen molar-refractivity contribution in [2.75, 3.05) is 11.9 Å². The smallest absolute Gasteiger partial charge is 0.319 e. The highest BCUT2D eigenvalue weighted by Gasteiger charge is 2.12. The number of urea groups is 1. The first kappa shape index (κ1) is 14.6. The van der Waals surface area contributed by atoms with Gasteiger partial charge in [0.25, 0.3) is 0 Å². The molecule has 0 bridgehead atoms. The van der Waals surface area contributed by atoms with Crippen molar-refractivity contribution in [3.8, 4) is 0 Å². The third-order valence-corrected chi connectivity index (χ3v) is 4.18. The molecule has 2 amide bonds. The Labute approximate surface area is 132 Å². The van der Waals surface area contributed by atoms with Gasteiger partial charge in [-0.2, -0.15) is 0 Å². The molecule has 5 heteroatoms. The summed E-state index contributed by atoms with van der Waals surface area (Å²) in [5.74, 6) is 0. The largest absolute Gasteiger partial charge is 0.387 e. The van der Waals surface area contributed by atoms with Crippen LogP contribution in [-0.4, -0.2) is 17.7 Å². The van der Waals surface area contributed by atoms with Gasteiger partial charge in [0.2, 0.25) is 0 Å². The Balaban J connectivity index is 1.66. The monoisotopic (exact) mass is 312 g/mol. The van der Waals surface area contributed by atoms with Crippen LogP contribution in [0.15, 0.2) is 60.0 Å². The van der Waals surface area contributed by atoms with Crippen LogP contribution in [0, 0.1) is 0 Å². The zero-order chi connectivity index (χ0) is 15.4. The van der Waals surface area contributed by atoms with E-state index in [9.17, 15) is 9.90 Å². The lowest BCUT2D eigenvalue weighted by Crippen LogP contribution is -2.32. The van der Waals surface area contributed by atoms with E-state index in [1.165, 1.54) is 11.3 Å². The van der Waals surface area contributed by atoms with E-state index in [0.717, 1.165) is 21.3 Å². The standard InChI is InChI=1S/C17H16N2O2S/c20-15(11-18-17(21)19-16-9-4-10-22-16)14-8-3-6-12-5-1-2-7-13(12)14/h1-10,15,20H,11H2,(H2,18,19,21)/t15-/m0/s1. The maximum atomic E-state index is 11.8. The molecule has 0 fully saturated rings. The summed E-state index contributed by atoms with van der Waals surface area (Å²) in [7, 11) is 0. The topological polar surface area (TPSA) is 61.4 Å². The molecule has 0 aliphatic carbocycles. The van der Waals surface area contributed by atoms with Gasteiger partial charge in [-0.05, 0) is 33.8 Å². The molecular weight excluding hydrogens is 296 g/mol. The van der Waals surface area contributed by atoms with Crippen LogP contribution < -0.4 is 10.6 Å². The van der Waals surface area contributed by atoms with Crippen molar-refractivity contribution < 1.29 is 9.90 Å². The van der Waals surface area contributed by atoms with Crippen molar-refractivity contribution in [3.63, 3.8) is 0 Å². The Kier molecular flexibility index (Phi) is 4.37. The van der Waals surface area contributed by atoms with Crippen molar-refractivity contribution in [2.45, 2.75) is 6.10 Å². The summed E-state index contributed by atoms with van der Waals surface area (Å²) in [6.07, 6.45) is -0.750. The van der Waals surface area contributed by atoms with Gasteiger partial charge in [0.05, 0.1) is 11.1 Å². The van der Waals surface area contributed by atoms with E-state index in [-0.39, 0.29) is 12.6 Å². The highest BCUT2D eigenvalue weighted by Crippen LogP contribution is 2.23. The molecule has 0 saturated carbocycles. The lowest BCUT2D eigenvalue weighted by molar-refractivity contribution is 0.176. The van der Waals surface area contributed by atoms with E-state index in [0.29, 0.717) is 0 Å². The Morgan fingerprint density at radius 1 is 1.09 bits per heavy atom. The molecule has 22 heavy (non-hydrogen) atoms. The summed E-state index contributed by atoms with van der Waals surface area (Å²) in [6, 6.07) is 17.0. The van der Waals surface area contributed by atoms with Crippen molar-refractivity contribution in [1.29, 1.82) is 0 Å². The normalized spacial score (nSPS) is 12.0. The number of hydrogen-bond donors (Lipinski definition) is 3. The van der Waals surface area contributed by atoms with Gasteiger partial charge in [0.1, 0.15) is 0 Å². The van der Waals surface area contributed by atoms with Gasteiger partial charge in [-0.1, -0.05) is 42.5 Å². The molecule has 1 heterocycles. The van der Waals surface area contributed by atoms with Crippen LogP contribution in [-0.2, 0) is 0 Å². The van der Waals surface area contributed by atoms with E-state index in [1.54, 1.807) is 0 Å². The number of benzene rings is 2. The summed E-state index contributed by atoms with van der Waals surface area (Å²) < 4.78 is 0. The van der Waals surface area contributed by atoms with Crippen molar-refractivity contribution >= 4 is 33.1 Å². The van der Waals surface area contributed by atoms with Crippen LogP contribution in [0.1, 0.15) is 11.7 Å². The number of rotatable bonds is 4. The van der Waals surface area contributed by atoms with Crippen molar-refractivity contribution in [1.82, 2.24) is 5.32 Å². The molecule has 112 valence electrons. The maximum absolute atomic E-state index is 11.8. The quantitative estimate of drug-likeness (QED) is 0.687. The number of thiophene rings is 1. The fraction of sp³-hybridized carbons (Fsp3) is 0.118. The lowest BCUT2D eigenvalue weighted by Gasteiger charge is -2.15. The molecule has 1 atom stereocenters. The minimum Gasteiger partial charge on any atom is -0.387 e. The maximum Gasteiger partial charge on any atom is 0.319 e. The van der Waals surface area contributed by atoms with Crippen LogP contribution >= 0.6 is 11.3 Å². The summed E-state index contributed by atoms with van der Waals surface area (Å²) in [4.78, 5) is 11.8. The molecule has 4 nitrogen and oxygen atoms in total. The van der Waals surface area contributed by atoms with Crippen LogP contribution in [0.4, 0.5) is 9.80 Å². The van der Waals surface area contributed by atoms with E-state index in [1.807, 2.05) is 60.0 Å². The van der Waals surface area contributed by atoms with Gasteiger partial charge in [-0.15, -0.1) is 11.3 Å². The number of nitrogens with one attached hydrogen (secondary N) is 2. The molecule has 2 aromatic carbocycles. The first-order chi connectivity index (χ1) is 10.7. The van der Waals surface area contributed by atoms with Crippen LogP contribution in [0.25, 0.3) is 10.8 Å². The van der Waals surface area contributed by atoms with E-state index in [4.69, 9.17) is 0 Å². The van der Waals surface area contributed by atoms with Gasteiger partial charge in [-0.25, -0.2) is 4.79 Å². The van der Waals surface area contributed by atoms with Gasteiger partial charge in [-0.3, -0.25) is 5.32 Å². The first-order valence-electron chi connectivity index (χ1n) is 6.98. The Morgan fingerprint density at radius 2 is 1.91 bits per heavy atom. The summed E-state index contributed by atoms with van der Waals surface area (Å²) in [5.41, 5.74) is 0.814. The van der Waals surface area contributed by atoms with Crippen molar-refractivity contribution in [3.05, 3.63) is 65.5 Å². The van der Waals surface area contributed by atoms with Crippen LogP contribution in [0.2, 0.25) is 0 Å². The molecule has 0 spiro atoms. The Hall–Kier alpha value is -2.37. The predicted octanol–water partition coefficient (Wildman–Crippen LogP) is 3.76. The number of amides is 2. The zero-order valence-electron chi connectivity index (χ0n) is 11.8. The number of aliphatic hydroxyl groups is 1. The molecular formula is C17H16N2O2S. The molecule has 0 unspecified atom stereocenters. The van der Waals surface area contributed by atoms with Crippen molar-refractivity contribution in [2.24, 2.45) is 0 Å². The second-order valence-electron chi connectivity index (χ2n) is 4.90. The minimum atomic E-state index is -0.750. The average molecular weight is 312 g/mol. The van der Waals surface area contributed by atoms with Crippen LogP contribution in [0.5, 0.6) is 0 Å². The number of carbonyl (C=O) groups is 1. The number of carbonyl (C=O) groups excluding carboxylic acids is 1. The predicted molar refractivity (Wildman–Crippen MR) is 90.2 cm³/mol. The van der Waals surface area contributed by atoms with Crippen LogP contribution in [0.3, 0.4) is 0 Å². The molecule has 3 N–H and O–H groups in total. The fourth-order valence-electron chi connectivity index (χ4n) is 2.35. The highest BCUT2D eigenvalue weighted by molar-refractivity contribution is 7.14. The third kappa shape index (κ3) is 3.27. The molecule has 1 aromatic heterocycles. The number of aliphatic hydroxyl groups excluding tert-OH is 1. The summed E-state index contributed by atoms with van der Waals surface area (Å²) >= 11 is 1.45. The Morgan fingerprint density at radius 3 is 2.73 bits per heavy atom. The lowest BCUT2D eigenvalue weighted by atomic mass is 10.0. The van der Waals surface area contributed by atoms with Gasteiger partial charge in [0, 0.05) is 6.54 Å². The van der Waals surface area contributed by atoms with Gasteiger partial charge < -0.3 is 10.4 Å². The van der Waals surface area contributed by atoms with E-state index < -0.39 is 6.10 Å². The molecule has 0 aliphatic heterocycles. The van der Waals surface area contributed by atoms with Gasteiger partial charge in [0.15, 0.2) is 0 Å². The molecule has 0 radical (unpaired) electrons. The number of fused-ring (bicyclic) bond motifs is 1. The number of anilines is 1. The molecule has 0 aliphatic rings. The second kappa shape index (κ2) is 6.60. The van der Waals surface area contributed by atoms with E-state index in [2.05, 4.69) is 10.6 Å². The SMILES string of the molecule is O=C(NC[C@H](O)c1cccc2ccccc12)Nc1cccs1. The average Bonchev–Trinajstić information content (AvgIpc) is 3.05. The Bertz CT molecular complexity index is 766. The van der Waals surface area contributed by atoms with E-state index >= 15 is 0 Å². The number of hydrogen-bond acceptors (Lipinski definition) is 3. The first-order valence-corrected chi connectivity index (χ1v) is 7.86. The highest BCUT2D eigenvalue weighted by atomic mass is 32.1. The summed E-state index contributed by atoms with van der Waals surface area (Å²) in [5, 5.41) is 20.5. The molecule has 0 saturated heterocycles. The minimum absolute atomic E-state index is 0.158. The zero-order valence-corrected chi connectivity index (χ0v) is 12.6. The second-order valence-corrected chi connectivity index (χ2v) is 5.84. The molecule has 3 rings (SSSR count).